The first-order valence-electron chi connectivity index (χ1n) is 11.3. The summed E-state index contributed by atoms with van der Waals surface area (Å²) in [7, 11) is -3.49. The van der Waals surface area contributed by atoms with Gasteiger partial charge in [0.1, 0.15) is 0 Å². The molecule has 0 spiro atoms. The van der Waals surface area contributed by atoms with E-state index in [0.29, 0.717) is 24.3 Å². The molecule has 0 bridgehead atoms. The Morgan fingerprint density at radius 3 is 2.09 bits per heavy atom. The Balaban J connectivity index is 1.36. The molecule has 2 heterocycles. The van der Waals surface area contributed by atoms with E-state index in [0.717, 1.165) is 64.1 Å². The zero-order valence-electron chi connectivity index (χ0n) is 18.3. The minimum Gasteiger partial charge on any atom is -0.379 e. The minimum atomic E-state index is -3.49. The molecule has 0 aromatic heterocycles. The number of hydrogen-bond acceptors (Lipinski definition) is 5. The third-order valence-electron chi connectivity index (χ3n) is 6.04. The van der Waals surface area contributed by atoms with Gasteiger partial charge in [0.15, 0.2) is 0 Å². The lowest BCUT2D eigenvalue weighted by Gasteiger charge is -2.26. The number of rotatable bonds is 6. The molecule has 8 heteroatoms. The van der Waals surface area contributed by atoms with Crippen LogP contribution in [0.5, 0.6) is 0 Å². The van der Waals surface area contributed by atoms with E-state index < -0.39 is 10.0 Å². The van der Waals surface area contributed by atoms with Gasteiger partial charge in [-0.3, -0.25) is 9.69 Å². The van der Waals surface area contributed by atoms with Crippen LogP contribution in [-0.4, -0.2) is 62.9 Å². The average molecular weight is 458 g/mol. The number of nitrogens with zero attached hydrogens (tertiary/aromatic N) is 2. The van der Waals surface area contributed by atoms with E-state index in [4.69, 9.17) is 4.74 Å². The Kier molecular flexibility index (Phi) is 7.57. The van der Waals surface area contributed by atoms with Crippen LogP contribution in [0.3, 0.4) is 0 Å². The first-order valence-corrected chi connectivity index (χ1v) is 12.8. The number of morpholine rings is 1. The van der Waals surface area contributed by atoms with Crippen molar-refractivity contribution in [1.29, 1.82) is 0 Å². The Morgan fingerprint density at radius 2 is 1.47 bits per heavy atom. The van der Waals surface area contributed by atoms with Crippen molar-refractivity contribution < 1.29 is 17.9 Å². The number of nitrogens with one attached hydrogen (secondary N) is 1. The molecule has 32 heavy (non-hydrogen) atoms. The quantitative estimate of drug-likeness (QED) is 0.720. The molecule has 2 aromatic carbocycles. The summed E-state index contributed by atoms with van der Waals surface area (Å²) in [6.45, 7) is 5.36. The van der Waals surface area contributed by atoms with Gasteiger partial charge >= 0.3 is 0 Å². The maximum atomic E-state index is 12.9. The summed E-state index contributed by atoms with van der Waals surface area (Å²) in [5.41, 5.74) is 2.30. The van der Waals surface area contributed by atoms with Gasteiger partial charge in [0.2, 0.25) is 10.0 Å². The van der Waals surface area contributed by atoms with Crippen molar-refractivity contribution >= 4 is 21.6 Å². The zero-order chi connectivity index (χ0) is 22.4. The highest BCUT2D eigenvalue weighted by atomic mass is 32.2. The normalized spacial score (nSPS) is 18.8. The van der Waals surface area contributed by atoms with E-state index in [9.17, 15) is 13.2 Å². The molecule has 2 saturated heterocycles. The summed E-state index contributed by atoms with van der Waals surface area (Å²) in [6.07, 6.45) is 3.95. The molecule has 172 valence electrons. The summed E-state index contributed by atoms with van der Waals surface area (Å²) in [4.78, 5) is 15.2. The highest BCUT2D eigenvalue weighted by Gasteiger charge is 2.25. The molecule has 4 rings (SSSR count). The summed E-state index contributed by atoms with van der Waals surface area (Å²) in [6, 6.07) is 14.0. The van der Waals surface area contributed by atoms with Crippen LogP contribution in [0, 0.1) is 0 Å². The van der Waals surface area contributed by atoms with Gasteiger partial charge in [0, 0.05) is 44.0 Å². The lowest BCUT2D eigenvalue weighted by Crippen LogP contribution is -2.35. The van der Waals surface area contributed by atoms with Gasteiger partial charge < -0.3 is 10.1 Å². The zero-order valence-corrected chi connectivity index (χ0v) is 19.1. The van der Waals surface area contributed by atoms with E-state index in [1.54, 1.807) is 28.6 Å². The van der Waals surface area contributed by atoms with E-state index in [2.05, 4.69) is 10.2 Å². The fraction of sp³-hybridized carbons (Fsp3) is 0.458. The largest absolute Gasteiger partial charge is 0.379 e. The number of benzene rings is 2. The van der Waals surface area contributed by atoms with Gasteiger partial charge in [-0.05, 0) is 54.8 Å². The van der Waals surface area contributed by atoms with Crippen LogP contribution in [0.1, 0.15) is 41.6 Å². The molecular weight excluding hydrogens is 426 g/mol. The average Bonchev–Trinajstić information content (AvgIpc) is 3.11. The summed E-state index contributed by atoms with van der Waals surface area (Å²) in [5.74, 6) is -0.217. The number of anilines is 1. The van der Waals surface area contributed by atoms with E-state index in [-0.39, 0.29) is 10.8 Å². The van der Waals surface area contributed by atoms with Gasteiger partial charge in [-0.2, -0.15) is 4.31 Å². The first kappa shape index (κ1) is 22.9. The molecule has 0 atom stereocenters. The molecule has 1 amide bonds. The van der Waals surface area contributed by atoms with Crippen LogP contribution in [0.15, 0.2) is 53.4 Å². The second kappa shape index (κ2) is 10.6. The molecule has 0 radical (unpaired) electrons. The smallest absolute Gasteiger partial charge is 0.255 e. The number of sulfonamides is 1. The van der Waals surface area contributed by atoms with E-state index in [1.165, 1.54) is 0 Å². The SMILES string of the molecule is O=C(Nc1ccc(S(=O)(=O)N2CCCCCC2)cc1)c1ccc(CN2CCOCC2)cc1. The van der Waals surface area contributed by atoms with Crippen LogP contribution in [0.25, 0.3) is 0 Å². The molecule has 2 aliphatic heterocycles. The van der Waals surface area contributed by atoms with Gasteiger partial charge in [-0.15, -0.1) is 0 Å². The number of ether oxygens (including phenoxy) is 1. The summed E-state index contributed by atoms with van der Waals surface area (Å²) in [5, 5.41) is 2.85. The predicted molar refractivity (Wildman–Crippen MR) is 124 cm³/mol. The lowest BCUT2D eigenvalue weighted by atomic mass is 10.1. The molecule has 1 N–H and O–H groups in total. The number of carbonyl (C=O) groups excluding carboxylic acids is 1. The third kappa shape index (κ3) is 5.75. The molecule has 2 aromatic rings. The highest BCUT2D eigenvalue weighted by molar-refractivity contribution is 7.89. The Hall–Kier alpha value is -2.26. The topological polar surface area (TPSA) is 79.0 Å². The fourth-order valence-corrected chi connectivity index (χ4v) is 5.64. The summed E-state index contributed by atoms with van der Waals surface area (Å²) >= 11 is 0. The van der Waals surface area contributed by atoms with Crippen LogP contribution in [-0.2, 0) is 21.3 Å². The van der Waals surface area contributed by atoms with Gasteiger partial charge in [0.05, 0.1) is 18.1 Å². The van der Waals surface area contributed by atoms with Crippen molar-refractivity contribution in [1.82, 2.24) is 9.21 Å². The standard InChI is InChI=1S/C24H31N3O4S/c28-24(21-7-5-20(6-8-21)19-26-15-17-31-18-16-26)25-22-9-11-23(12-10-22)32(29,30)27-13-3-1-2-4-14-27/h5-12H,1-4,13-19H2,(H,25,28). The minimum absolute atomic E-state index is 0.217. The fourth-order valence-electron chi connectivity index (χ4n) is 4.12. The Bertz CT molecular complexity index is 993. The van der Waals surface area contributed by atoms with Crippen molar-refractivity contribution in [2.24, 2.45) is 0 Å². The third-order valence-corrected chi connectivity index (χ3v) is 7.95. The number of hydrogen-bond donors (Lipinski definition) is 1. The van der Waals surface area contributed by atoms with Gasteiger partial charge in [0.25, 0.3) is 5.91 Å². The number of carbonyl (C=O) groups is 1. The van der Waals surface area contributed by atoms with Crippen molar-refractivity contribution in [3.8, 4) is 0 Å². The van der Waals surface area contributed by atoms with Crippen LogP contribution >= 0.6 is 0 Å². The highest BCUT2D eigenvalue weighted by Crippen LogP contribution is 2.22. The molecule has 2 fully saturated rings. The molecule has 0 unspecified atom stereocenters. The lowest BCUT2D eigenvalue weighted by molar-refractivity contribution is 0.0342. The molecule has 0 aliphatic carbocycles. The van der Waals surface area contributed by atoms with Gasteiger partial charge in [-0.25, -0.2) is 8.42 Å². The van der Waals surface area contributed by atoms with Crippen LogP contribution < -0.4 is 5.32 Å². The molecule has 0 saturated carbocycles. The van der Waals surface area contributed by atoms with Crippen LogP contribution in [0.2, 0.25) is 0 Å². The van der Waals surface area contributed by atoms with Crippen molar-refractivity contribution in [3.63, 3.8) is 0 Å². The second-order valence-electron chi connectivity index (χ2n) is 8.38. The summed E-state index contributed by atoms with van der Waals surface area (Å²) < 4.78 is 32.7. The van der Waals surface area contributed by atoms with E-state index >= 15 is 0 Å². The maximum Gasteiger partial charge on any atom is 0.255 e. The second-order valence-corrected chi connectivity index (χ2v) is 10.3. The Labute approximate surface area is 190 Å². The van der Waals surface area contributed by atoms with Gasteiger partial charge in [-0.1, -0.05) is 25.0 Å². The monoisotopic (exact) mass is 457 g/mol. The molecule has 7 nitrogen and oxygen atoms in total. The van der Waals surface area contributed by atoms with E-state index in [1.807, 2.05) is 24.3 Å². The van der Waals surface area contributed by atoms with Crippen LogP contribution in [0.4, 0.5) is 5.69 Å². The first-order chi connectivity index (χ1) is 15.5. The van der Waals surface area contributed by atoms with Crippen molar-refractivity contribution in [3.05, 3.63) is 59.7 Å². The molecular formula is C24H31N3O4S. The Morgan fingerprint density at radius 1 is 0.844 bits per heavy atom. The number of amides is 1. The molecule has 2 aliphatic rings. The van der Waals surface area contributed by atoms with Crippen molar-refractivity contribution in [2.75, 3.05) is 44.7 Å². The predicted octanol–water partition coefficient (Wildman–Crippen LogP) is 3.34. The maximum absolute atomic E-state index is 12.9. The van der Waals surface area contributed by atoms with Crippen molar-refractivity contribution in [2.45, 2.75) is 37.1 Å².